The summed E-state index contributed by atoms with van der Waals surface area (Å²) >= 11 is 3.34. The number of nitrogens with zero attached hydrogens (tertiary/aromatic N) is 1. The number of para-hydroxylation sites is 2. The summed E-state index contributed by atoms with van der Waals surface area (Å²) < 4.78 is 6.46. The molecular weight excluding hydrogens is 332 g/mol. The van der Waals surface area contributed by atoms with Gasteiger partial charge in [-0.3, -0.25) is 4.79 Å². The standard InChI is InChI=1S/C16H11BrN2O2/c17-11-5-7-12(8-6-11)18-15(20)9-10-16-19-13-3-1-2-4-14(13)21-16/h1-10H,(H,18,20)/b10-9+. The number of benzene rings is 2. The lowest BCUT2D eigenvalue weighted by atomic mass is 10.3. The summed E-state index contributed by atoms with van der Waals surface area (Å²) in [5.41, 5.74) is 2.20. The van der Waals surface area contributed by atoms with E-state index in [4.69, 9.17) is 4.42 Å². The molecule has 4 nitrogen and oxygen atoms in total. The second-order valence-corrected chi connectivity index (χ2v) is 5.26. The Kier molecular flexibility index (Phi) is 3.83. The Balaban J connectivity index is 1.70. The van der Waals surface area contributed by atoms with Gasteiger partial charge in [-0.05, 0) is 36.4 Å². The minimum atomic E-state index is -0.237. The molecule has 0 saturated heterocycles. The number of anilines is 1. The molecule has 2 aromatic carbocycles. The smallest absolute Gasteiger partial charge is 0.248 e. The van der Waals surface area contributed by atoms with Crippen molar-refractivity contribution >= 4 is 44.7 Å². The highest BCUT2D eigenvalue weighted by Gasteiger charge is 2.02. The molecule has 0 unspecified atom stereocenters. The van der Waals surface area contributed by atoms with E-state index in [1.165, 1.54) is 6.08 Å². The van der Waals surface area contributed by atoms with Crippen molar-refractivity contribution in [2.45, 2.75) is 0 Å². The minimum Gasteiger partial charge on any atom is -0.437 e. The number of fused-ring (bicyclic) bond motifs is 1. The Morgan fingerprint density at radius 2 is 1.90 bits per heavy atom. The summed E-state index contributed by atoms with van der Waals surface area (Å²) in [6.45, 7) is 0. The first-order valence-corrected chi connectivity index (χ1v) is 7.10. The van der Waals surface area contributed by atoms with Gasteiger partial charge in [0.15, 0.2) is 5.58 Å². The Morgan fingerprint density at radius 3 is 2.67 bits per heavy atom. The van der Waals surface area contributed by atoms with E-state index >= 15 is 0 Å². The molecule has 0 atom stereocenters. The van der Waals surface area contributed by atoms with Crippen LogP contribution in [0.4, 0.5) is 5.69 Å². The number of aromatic nitrogens is 1. The topological polar surface area (TPSA) is 55.1 Å². The third-order valence-electron chi connectivity index (χ3n) is 2.80. The van der Waals surface area contributed by atoms with Crippen LogP contribution in [0.5, 0.6) is 0 Å². The van der Waals surface area contributed by atoms with Crippen molar-refractivity contribution in [3.8, 4) is 0 Å². The van der Waals surface area contributed by atoms with Gasteiger partial charge in [0.1, 0.15) is 5.52 Å². The summed E-state index contributed by atoms with van der Waals surface area (Å²) in [5, 5.41) is 2.76. The maximum absolute atomic E-state index is 11.8. The maximum atomic E-state index is 11.8. The van der Waals surface area contributed by atoms with Gasteiger partial charge in [0.25, 0.3) is 0 Å². The van der Waals surface area contributed by atoms with E-state index in [0.717, 1.165) is 15.7 Å². The van der Waals surface area contributed by atoms with Crippen molar-refractivity contribution in [3.63, 3.8) is 0 Å². The average molecular weight is 343 g/mol. The summed E-state index contributed by atoms with van der Waals surface area (Å²) in [4.78, 5) is 16.1. The molecule has 0 saturated carbocycles. The molecular formula is C16H11BrN2O2. The van der Waals surface area contributed by atoms with E-state index < -0.39 is 0 Å². The number of carbonyl (C=O) groups excluding carboxylic acids is 1. The number of nitrogens with one attached hydrogen (secondary N) is 1. The first kappa shape index (κ1) is 13.6. The van der Waals surface area contributed by atoms with Crippen LogP contribution in [0.2, 0.25) is 0 Å². The van der Waals surface area contributed by atoms with Gasteiger partial charge in [-0.1, -0.05) is 28.1 Å². The van der Waals surface area contributed by atoms with Crippen molar-refractivity contribution in [3.05, 3.63) is 65.0 Å². The number of hydrogen-bond acceptors (Lipinski definition) is 3. The minimum absolute atomic E-state index is 0.237. The molecule has 3 aromatic rings. The third kappa shape index (κ3) is 3.38. The molecule has 5 heteroatoms. The molecule has 0 aliphatic heterocycles. The van der Waals surface area contributed by atoms with Crippen LogP contribution in [-0.4, -0.2) is 10.9 Å². The van der Waals surface area contributed by atoms with E-state index in [-0.39, 0.29) is 5.91 Å². The van der Waals surface area contributed by atoms with Crippen molar-refractivity contribution in [2.75, 3.05) is 5.32 Å². The van der Waals surface area contributed by atoms with Crippen LogP contribution in [0, 0.1) is 0 Å². The number of hydrogen-bond donors (Lipinski definition) is 1. The monoisotopic (exact) mass is 342 g/mol. The largest absolute Gasteiger partial charge is 0.437 e. The first-order chi connectivity index (χ1) is 10.2. The van der Waals surface area contributed by atoms with Crippen LogP contribution in [0.3, 0.4) is 0 Å². The van der Waals surface area contributed by atoms with E-state index in [1.807, 2.05) is 48.5 Å². The molecule has 0 aliphatic rings. The first-order valence-electron chi connectivity index (χ1n) is 6.31. The van der Waals surface area contributed by atoms with E-state index in [2.05, 4.69) is 26.2 Å². The van der Waals surface area contributed by atoms with Gasteiger partial charge in [-0.25, -0.2) is 4.98 Å². The van der Waals surface area contributed by atoms with Crippen molar-refractivity contribution in [1.82, 2.24) is 4.98 Å². The number of rotatable bonds is 3. The summed E-state index contributed by atoms with van der Waals surface area (Å²) in [7, 11) is 0. The van der Waals surface area contributed by atoms with Gasteiger partial charge in [0.05, 0.1) is 0 Å². The lowest BCUT2D eigenvalue weighted by Gasteiger charge is -2.01. The molecule has 0 aliphatic carbocycles. The van der Waals surface area contributed by atoms with Crippen LogP contribution in [0.25, 0.3) is 17.2 Å². The number of oxazole rings is 1. The molecule has 104 valence electrons. The predicted octanol–water partition coefficient (Wildman–Crippen LogP) is 4.24. The fourth-order valence-corrected chi connectivity index (χ4v) is 2.09. The zero-order valence-electron chi connectivity index (χ0n) is 10.9. The van der Waals surface area contributed by atoms with Gasteiger partial charge < -0.3 is 9.73 Å². The van der Waals surface area contributed by atoms with E-state index in [9.17, 15) is 4.79 Å². The molecule has 1 amide bonds. The summed E-state index contributed by atoms with van der Waals surface area (Å²) in [5.74, 6) is 0.168. The van der Waals surface area contributed by atoms with Gasteiger partial charge in [0.2, 0.25) is 11.8 Å². The molecule has 0 fully saturated rings. The molecule has 1 heterocycles. The average Bonchev–Trinajstić information content (AvgIpc) is 2.90. The van der Waals surface area contributed by atoms with Crippen molar-refractivity contribution in [2.24, 2.45) is 0 Å². The van der Waals surface area contributed by atoms with Crippen LogP contribution < -0.4 is 5.32 Å². The second-order valence-electron chi connectivity index (χ2n) is 4.35. The van der Waals surface area contributed by atoms with Crippen LogP contribution >= 0.6 is 15.9 Å². The molecule has 0 radical (unpaired) electrons. The summed E-state index contributed by atoms with van der Waals surface area (Å²) in [6, 6.07) is 14.8. The third-order valence-corrected chi connectivity index (χ3v) is 3.33. The van der Waals surface area contributed by atoms with Gasteiger partial charge in [-0.2, -0.15) is 0 Å². The Bertz CT molecular complexity index is 774. The molecule has 1 N–H and O–H groups in total. The van der Waals surface area contributed by atoms with Crippen LogP contribution in [-0.2, 0) is 4.79 Å². The second kappa shape index (κ2) is 5.93. The lowest BCUT2D eigenvalue weighted by Crippen LogP contribution is -2.07. The summed E-state index contributed by atoms with van der Waals surface area (Å²) in [6.07, 6.45) is 2.95. The number of halogens is 1. The fraction of sp³-hybridized carbons (Fsp3) is 0. The fourth-order valence-electron chi connectivity index (χ4n) is 1.83. The highest BCUT2D eigenvalue weighted by Crippen LogP contribution is 2.16. The Morgan fingerprint density at radius 1 is 1.14 bits per heavy atom. The van der Waals surface area contributed by atoms with Gasteiger partial charge in [0, 0.05) is 22.3 Å². The molecule has 3 rings (SSSR count). The normalized spacial score (nSPS) is 11.1. The van der Waals surface area contributed by atoms with Crippen LogP contribution in [0.1, 0.15) is 5.89 Å². The van der Waals surface area contributed by atoms with E-state index in [1.54, 1.807) is 6.08 Å². The Hall–Kier alpha value is -2.40. The van der Waals surface area contributed by atoms with Crippen molar-refractivity contribution in [1.29, 1.82) is 0 Å². The zero-order chi connectivity index (χ0) is 14.7. The maximum Gasteiger partial charge on any atom is 0.248 e. The SMILES string of the molecule is O=C(/C=C/c1nc2ccccc2o1)Nc1ccc(Br)cc1. The molecule has 1 aromatic heterocycles. The van der Waals surface area contributed by atoms with Gasteiger partial charge in [-0.15, -0.1) is 0 Å². The number of amides is 1. The number of carbonyl (C=O) groups is 1. The molecule has 21 heavy (non-hydrogen) atoms. The molecule has 0 spiro atoms. The van der Waals surface area contributed by atoms with Crippen molar-refractivity contribution < 1.29 is 9.21 Å². The van der Waals surface area contributed by atoms with Gasteiger partial charge >= 0.3 is 0 Å². The highest BCUT2D eigenvalue weighted by molar-refractivity contribution is 9.10. The highest BCUT2D eigenvalue weighted by atomic mass is 79.9. The molecule has 0 bridgehead atoms. The van der Waals surface area contributed by atoms with Crippen LogP contribution in [0.15, 0.2) is 63.5 Å². The quantitative estimate of drug-likeness (QED) is 0.724. The predicted molar refractivity (Wildman–Crippen MR) is 85.8 cm³/mol. The van der Waals surface area contributed by atoms with E-state index in [0.29, 0.717) is 11.5 Å². The zero-order valence-corrected chi connectivity index (χ0v) is 12.5. The lowest BCUT2D eigenvalue weighted by molar-refractivity contribution is -0.111. The Labute approximate surface area is 129 Å².